The van der Waals surface area contributed by atoms with Crippen LogP contribution in [0.25, 0.3) is 0 Å². The average molecular weight is 572 g/mol. The van der Waals surface area contributed by atoms with E-state index < -0.39 is 35.2 Å². The standard InChI is InChI=1S/2C10H7F2O2.2C5H5.Ti/c2*1-6(2)10(13)14-9-4-3-7(11)5-8(9)12;2*1-2-4-5-3-1;/h2*3-4H,1H2,2H3;2*1-3H,4H2;/q4*-1;+4. The predicted molar refractivity (Wildman–Crippen MR) is 134 cm³/mol. The molecule has 2 aromatic rings. The summed E-state index contributed by atoms with van der Waals surface area (Å²) in [5.74, 6) is -6.03. The number of benzene rings is 2. The Balaban J connectivity index is 0.000000537. The minimum Gasteiger partial charge on any atom is -0.484 e. The molecule has 0 fully saturated rings. The van der Waals surface area contributed by atoms with Crippen LogP contribution in [0.1, 0.15) is 26.7 Å². The zero-order chi connectivity index (χ0) is 28.5. The minimum atomic E-state index is -1.04. The third kappa shape index (κ3) is 15.3. The molecule has 0 radical (unpaired) electrons. The zero-order valence-electron chi connectivity index (χ0n) is 21.2. The van der Waals surface area contributed by atoms with E-state index in [0.717, 1.165) is 37.1 Å². The van der Waals surface area contributed by atoms with Gasteiger partial charge in [-0.2, -0.15) is 12.2 Å². The second-order valence-electron chi connectivity index (χ2n) is 7.31. The Kier molecular flexibility index (Phi) is 17.5. The number of carbonyl (C=O) groups is 2. The molecule has 0 aliphatic heterocycles. The smallest absolute Gasteiger partial charge is 0.484 e. The van der Waals surface area contributed by atoms with Crippen molar-refractivity contribution in [1.82, 2.24) is 0 Å². The molecule has 0 unspecified atom stereocenters. The van der Waals surface area contributed by atoms with Gasteiger partial charge in [0.05, 0.1) is 23.1 Å². The Morgan fingerprint density at radius 1 is 0.718 bits per heavy atom. The van der Waals surface area contributed by atoms with Crippen LogP contribution in [0.15, 0.2) is 85.0 Å². The summed E-state index contributed by atoms with van der Waals surface area (Å²) < 4.78 is 59.6. The molecule has 9 heteroatoms. The van der Waals surface area contributed by atoms with Gasteiger partial charge >= 0.3 is 33.7 Å². The second kappa shape index (κ2) is 19.3. The maximum absolute atomic E-state index is 12.9. The third-order valence-corrected chi connectivity index (χ3v) is 3.93. The van der Waals surface area contributed by atoms with Crippen LogP contribution in [0.4, 0.5) is 17.6 Å². The number of hydrogen-bond donors (Lipinski definition) is 0. The number of halogens is 4. The summed E-state index contributed by atoms with van der Waals surface area (Å²) in [5.41, 5.74) is 0.266. The number of esters is 2. The monoisotopic (exact) mass is 572 g/mol. The summed E-state index contributed by atoms with van der Waals surface area (Å²) in [4.78, 5) is 21.9. The maximum atomic E-state index is 12.9. The molecule has 0 aromatic heterocycles. The molecule has 0 heterocycles. The molecule has 0 N–H and O–H groups in total. The molecular weight excluding hydrogens is 548 g/mol. The number of hydrogen-bond acceptors (Lipinski definition) is 4. The van der Waals surface area contributed by atoms with Crippen LogP contribution >= 0.6 is 0 Å². The van der Waals surface area contributed by atoms with E-state index in [1.807, 2.05) is 24.3 Å². The van der Waals surface area contributed by atoms with Gasteiger partial charge in [-0.15, -0.1) is 49.2 Å². The van der Waals surface area contributed by atoms with Crippen molar-refractivity contribution in [3.8, 4) is 11.5 Å². The fraction of sp³-hybridized carbons (Fsp3) is 0.133. The number of rotatable bonds is 4. The first-order valence-electron chi connectivity index (χ1n) is 10.9. The Labute approximate surface area is 240 Å². The molecule has 2 aliphatic rings. The zero-order valence-corrected chi connectivity index (χ0v) is 22.8. The van der Waals surface area contributed by atoms with Crippen LogP contribution in [0, 0.1) is 47.6 Å². The molecule has 4 nitrogen and oxygen atoms in total. The molecule has 39 heavy (non-hydrogen) atoms. The number of ether oxygens (including phenoxy) is 2. The van der Waals surface area contributed by atoms with Crippen LogP contribution in [-0.4, -0.2) is 11.9 Å². The summed E-state index contributed by atoms with van der Waals surface area (Å²) in [7, 11) is 0. The van der Waals surface area contributed by atoms with Gasteiger partial charge in [0.25, 0.3) is 0 Å². The quantitative estimate of drug-likeness (QED) is 0.0980. The van der Waals surface area contributed by atoms with E-state index in [2.05, 4.69) is 46.9 Å². The van der Waals surface area contributed by atoms with Gasteiger partial charge in [-0.1, -0.05) is 13.2 Å². The second-order valence-corrected chi connectivity index (χ2v) is 7.31. The molecule has 2 aromatic carbocycles. The first kappa shape index (κ1) is 35.3. The third-order valence-electron chi connectivity index (χ3n) is 3.93. The SMILES string of the molecule is C=C(C)C(=O)Oc1ccc(F)[c-]c1F.C=C(C)C(=O)Oc1ccc(F)[c-]c1F.[C-]1=CC=CC1.[C-]1=CC=CC1.[Ti+4]. The van der Waals surface area contributed by atoms with Crippen molar-refractivity contribution in [2.75, 3.05) is 0 Å². The van der Waals surface area contributed by atoms with Gasteiger partial charge in [-0.3, -0.25) is 12.2 Å². The van der Waals surface area contributed by atoms with Crippen LogP contribution < -0.4 is 9.47 Å². The van der Waals surface area contributed by atoms with Crippen LogP contribution in [0.5, 0.6) is 11.5 Å². The van der Waals surface area contributed by atoms with Crippen molar-refractivity contribution in [2.24, 2.45) is 0 Å². The van der Waals surface area contributed by atoms with Crippen molar-refractivity contribution in [3.63, 3.8) is 0 Å². The molecular formula is C30H24F4O4Ti. The van der Waals surface area contributed by atoms with Gasteiger partial charge in [0, 0.05) is 22.8 Å². The molecule has 0 atom stereocenters. The molecule has 4 rings (SSSR count). The van der Waals surface area contributed by atoms with E-state index in [1.54, 1.807) is 12.1 Å². The Morgan fingerprint density at radius 2 is 1.08 bits per heavy atom. The predicted octanol–water partition coefficient (Wildman–Crippen LogP) is 7.10. The van der Waals surface area contributed by atoms with Crippen molar-refractivity contribution in [2.45, 2.75) is 26.7 Å². The van der Waals surface area contributed by atoms with Gasteiger partial charge in [0.2, 0.25) is 0 Å². The summed E-state index contributed by atoms with van der Waals surface area (Å²) in [6, 6.07) is 7.41. The van der Waals surface area contributed by atoms with E-state index in [0.29, 0.717) is 0 Å². The Bertz CT molecular complexity index is 1150. The molecule has 0 spiro atoms. The summed E-state index contributed by atoms with van der Waals surface area (Å²) >= 11 is 0. The van der Waals surface area contributed by atoms with E-state index in [-0.39, 0.29) is 44.4 Å². The summed E-state index contributed by atoms with van der Waals surface area (Å²) in [6.45, 7) is 9.48. The molecule has 0 saturated carbocycles. The van der Waals surface area contributed by atoms with Crippen molar-refractivity contribution >= 4 is 11.9 Å². The molecule has 2 aliphatic carbocycles. The number of allylic oxidation sites excluding steroid dienone is 8. The maximum Gasteiger partial charge on any atom is 4.00 e. The first-order chi connectivity index (χ1) is 18.0. The Morgan fingerprint density at radius 3 is 1.28 bits per heavy atom. The van der Waals surface area contributed by atoms with E-state index in [9.17, 15) is 27.2 Å². The fourth-order valence-corrected chi connectivity index (χ4v) is 2.07. The van der Waals surface area contributed by atoms with Gasteiger partial charge in [-0.25, -0.2) is 51.5 Å². The van der Waals surface area contributed by atoms with Crippen LogP contribution in [-0.2, 0) is 31.3 Å². The van der Waals surface area contributed by atoms with E-state index in [4.69, 9.17) is 0 Å². The topological polar surface area (TPSA) is 52.6 Å². The van der Waals surface area contributed by atoms with Crippen LogP contribution in [0.2, 0.25) is 0 Å². The van der Waals surface area contributed by atoms with E-state index >= 15 is 0 Å². The van der Waals surface area contributed by atoms with Gasteiger partial charge in [-0.05, 0) is 13.8 Å². The normalized spacial score (nSPS) is 11.4. The molecule has 0 saturated heterocycles. The van der Waals surface area contributed by atoms with Crippen molar-refractivity contribution in [1.29, 1.82) is 0 Å². The van der Waals surface area contributed by atoms with E-state index in [1.165, 1.54) is 13.8 Å². The fourth-order valence-electron chi connectivity index (χ4n) is 2.07. The first-order valence-corrected chi connectivity index (χ1v) is 10.9. The van der Waals surface area contributed by atoms with Gasteiger partial charge in [0.15, 0.2) is 0 Å². The van der Waals surface area contributed by atoms with Crippen LogP contribution in [0.3, 0.4) is 0 Å². The van der Waals surface area contributed by atoms with Gasteiger partial charge < -0.3 is 9.47 Å². The van der Waals surface area contributed by atoms with Crippen molar-refractivity contribution in [3.05, 3.63) is 133 Å². The molecule has 0 bridgehead atoms. The molecule has 0 amide bonds. The van der Waals surface area contributed by atoms with Gasteiger partial charge in [0.1, 0.15) is 0 Å². The summed E-state index contributed by atoms with van der Waals surface area (Å²) in [5, 5.41) is 0. The van der Waals surface area contributed by atoms with Crippen molar-refractivity contribution < 1.29 is 58.3 Å². The minimum absolute atomic E-state index is 0. The Hall–Kier alpha value is -3.75. The summed E-state index contributed by atoms with van der Waals surface area (Å²) in [6.07, 6.45) is 20.0. The molecule has 200 valence electrons. The number of carbonyl (C=O) groups excluding carboxylic acids is 2. The largest absolute Gasteiger partial charge is 4.00 e. The average Bonchev–Trinajstić information content (AvgIpc) is 3.62.